The van der Waals surface area contributed by atoms with E-state index < -0.39 is 5.91 Å². The molecule has 4 aromatic rings. The van der Waals surface area contributed by atoms with Crippen molar-refractivity contribution in [2.24, 2.45) is 0 Å². The van der Waals surface area contributed by atoms with E-state index >= 15 is 0 Å². The molecule has 0 aliphatic heterocycles. The van der Waals surface area contributed by atoms with Crippen molar-refractivity contribution in [1.82, 2.24) is 4.98 Å². The molecule has 1 N–H and O–H groups in total. The number of nitrogens with zero attached hydrogens (tertiary/aromatic N) is 2. The first kappa shape index (κ1) is 23.8. The summed E-state index contributed by atoms with van der Waals surface area (Å²) in [4.78, 5) is 17.0. The molecular weight excluding hydrogens is 462 g/mol. The summed E-state index contributed by atoms with van der Waals surface area (Å²) < 4.78 is 17.9. The average molecular weight is 486 g/mol. The van der Waals surface area contributed by atoms with Gasteiger partial charge in [-0.25, -0.2) is 4.98 Å². The van der Waals surface area contributed by atoms with Crippen molar-refractivity contribution in [2.45, 2.75) is 6.92 Å². The van der Waals surface area contributed by atoms with Gasteiger partial charge in [0, 0.05) is 0 Å². The Bertz CT molecular complexity index is 1370. The Kier molecular flexibility index (Phi) is 7.60. The fraction of sp³-hybridized carbons (Fsp3) is 0.148. The number of para-hydroxylation sites is 1. The Balaban J connectivity index is 1.39. The maximum Gasteiger partial charge on any atom is 0.268 e. The standard InChI is InChI=1S/C27H23N3O4S/c1-18-7-10-21(11-8-18)33-13-14-34-23-12-9-19(16-24(23)32-2)15-20(17-28)26(31)30-27-29-22-5-3-4-6-25(22)35-27/h3-12,15-16H,13-14H2,1-2H3,(H,29,30,31). The summed E-state index contributed by atoms with van der Waals surface area (Å²) in [6.45, 7) is 2.72. The number of hydrogen-bond donors (Lipinski definition) is 1. The maximum atomic E-state index is 12.7. The zero-order valence-corrected chi connectivity index (χ0v) is 20.1. The minimum Gasteiger partial charge on any atom is -0.493 e. The second-order valence-corrected chi connectivity index (χ2v) is 8.56. The number of benzene rings is 3. The smallest absolute Gasteiger partial charge is 0.268 e. The number of fused-ring (bicyclic) bond motifs is 1. The monoisotopic (exact) mass is 485 g/mol. The average Bonchev–Trinajstić information content (AvgIpc) is 3.28. The van der Waals surface area contributed by atoms with Crippen molar-refractivity contribution in [1.29, 1.82) is 5.26 Å². The highest BCUT2D eigenvalue weighted by atomic mass is 32.1. The molecule has 0 atom stereocenters. The van der Waals surface area contributed by atoms with Crippen molar-refractivity contribution in [3.63, 3.8) is 0 Å². The summed E-state index contributed by atoms with van der Waals surface area (Å²) in [5.74, 6) is 1.27. The van der Waals surface area contributed by atoms with Gasteiger partial charge in [-0.3, -0.25) is 10.1 Å². The van der Waals surface area contributed by atoms with Gasteiger partial charge in [0.1, 0.15) is 30.6 Å². The Morgan fingerprint density at radius 3 is 2.57 bits per heavy atom. The van der Waals surface area contributed by atoms with Crippen LogP contribution in [0.1, 0.15) is 11.1 Å². The fourth-order valence-corrected chi connectivity index (χ4v) is 4.11. The van der Waals surface area contributed by atoms with E-state index in [0.29, 0.717) is 35.4 Å². The van der Waals surface area contributed by atoms with Gasteiger partial charge in [-0.1, -0.05) is 47.2 Å². The number of aryl methyl sites for hydroxylation is 1. The molecule has 1 aromatic heterocycles. The summed E-state index contributed by atoms with van der Waals surface area (Å²) in [7, 11) is 1.53. The van der Waals surface area contributed by atoms with E-state index in [0.717, 1.165) is 16.0 Å². The number of carbonyl (C=O) groups excluding carboxylic acids is 1. The largest absolute Gasteiger partial charge is 0.493 e. The van der Waals surface area contributed by atoms with E-state index in [4.69, 9.17) is 14.2 Å². The zero-order valence-electron chi connectivity index (χ0n) is 19.3. The van der Waals surface area contributed by atoms with Gasteiger partial charge in [-0.2, -0.15) is 5.26 Å². The van der Waals surface area contributed by atoms with E-state index in [1.54, 1.807) is 18.2 Å². The van der Waals surface area contributed by atoms with Gasteiger partial charge in [0.25, 0.3) is 5.91 Å². The summed E-state index contributed by atoms with van der Waals surface area (Å²) in [6, 6.07) is 22.5. The molecule has 0 radical (unpaired) electrons. The van der Waals surface area contributed by atoms with Crippen LogP contribution < -0.4 is 19.5 Å². The molecule has 3 aromatic carbocycles. The highest BCUT2D eigenvalue weighted by Gasteiger charge is 2.13. The number of rotatable bonds is 9. The molecule has 1 heterocycles. The van der Waals surface area contributed by atoms with Crippen molar-refractivity contribution in [3.05, 3.63) is 83.4 Å². The molecule has 8 heteroatoms. The molecule has 0 spiro atoms. The number of thiazole rings is 1. The lowest BCUT2D eigenvalue weighted by molar-refractivity contribution is -0.112. The SMILES string of the molecule is COc1cc(C=C(C#N)C(=O)Nc2nc3ccccc3s2)ccc1OCCOc1ccc(C)cc1. The Labute approximate surface area is 207 Å². The van der Waals surface area contributed by atoms with Crippen molar-refractivity contribution < 1.29 is 19.0 Å². The molecule has 0 saturated carbocycles. The third-order valence-corrected chi connectivity index (χ3v) is 5.96. The molecule has 0 unspecified atom stereocenters. The number of nitrogens with one attached hydrogen (secondary N) is 1. The summed E-state index contributed by atoms with van der Waals surface area (Å²) in [5, 5.41) is 12.7. The van der Waals surface area contributed by atoms with Gasteiger partial charge >= 0.3 is 0 Å². The third kappa shape index (κ3) is 6.16. The Morgan fingerprint density at radius 2 is 1.83 bits per heavy atom. The molecule has 0 aliphatic rings. The number of carbonyl (C=O) groups is 1. The molecule has 0 bridgehead atoms. The van der Waals surface area contributed by atoms with Crippen LogP contribution >= 0.6 is 11.3 Å². The van der Waals surface area contributed by atoms with Gasteiger partial charge in [-0.15, -0.1) is 0 Å². The molecule has 1 amide bonds. The first-order chi connectivity index (χ1) is 17.1. The highest BCUT2D eigenvalue weighted by molar-refractivity contribution is 7.22. The van der Waals surface area contributed by atoms with E-state index in [1.807, 2.05) is 61.5 Å². The molecular formula is C27H23N3O4S. The van der Waals surface area contributed by atoms with Crippen molar-refractivity contribution in [3.8, 4) is 23.3 Å². The van der Waals surface area contributed by atoms with E-state index in [9.17, 15) is 10.1 Å². The molecule has 4 rings (SSSR count). The molecule has 0 saturated heterocycles. The van der Waals surface area contributed by atoms with Crippen LogP contribution in [0.5, 0.6) is 17.2 Å². The summed E-state index contributed by atoms with van der Waals surface area (Å²) in [6.07, 6.45) is 1.50. The number of nitriles is 1. The lowest BCUT2D eigenvalue weighted by atomic mass is 10.1. The summed E-state index contributed by atoms with van der Waals surface area (Å²) >= 11 is 1.35. The number of ether oxygens (including phenoxy) is 3. The van der Waals surface area contributed by atoms with Crippen LogP contribution in [-0.4, -0.2) is 31.2 Å². The molecule has 35 heavy (non-hydrogen) atoms. The van der Waals surface area contributed by atoms with Crippen LogP contribution in [0.25, 0.3) is 16.3 Å². The van der Waals surface area contributed by atoms with Crippen LogP contribution in [0, 0.1) is 18.3 Å². The van der Waals surface area contributed by atoms with Crippen LogP contribution in [-0.2, 0) is 4.79 Å². The second kappa shape index (κ2) is 11.2. The first-order valence-corrected chi connectivity index (χ1v) is 11.7. The lowest BCUT2D eigenvalue weighted by Gasteiger charge is -2.12. The predicted molar refractivity (Wildman–Crippen MR) is 137 cm³/mol. The molecule has 0 fully saturated rings. The maximum absolute atomic E-state index is 12.7. The second-order valence-electron chi connectivity index (χ2n) is 7.53. The number of hydrogen-bond acceptors (Lipinski definition) is 7. The van der Waals surface area contributed by atoms with Gasteiger partial charge in [0.2, 0.25) is 0 Å². The van der Waals surface area contributed by atoms with Gasteiger partial charge in [-0.05, 0) is 55.0 Å². The number of amides is 1. The normalized spacial score (nSPS) is 11.1. The van der Waals surface area contributed by atoms with Gasteiger partial charge in [0.15, 0.2) is 16.6 Å². The number of anilines is 1. The Hall–Kier alpha value is -4.35. The number of methoxy groups -OCH3 is 1. The lowest BCUT2D eigenvalue weighted by Crippen LogP contribution is -2.13. The molecule has 0 aliphatic carbocycles. The Morgan fingerprint density at radius 1 is 1.06 bits per heavy atom. The predicted octanol–water partition coefficient (Wildman–Crippen LogP) is 5.62. The topological polar surface area (TPSA) is 93.5 Å². The minimum atomic E-state index is -0.529. The molecule has 7 nitrogen and oxygen atoms in total. The quantitative estimate of drug-likeness (QED) is 0.188. The van der Waals surface area contributed by atoms with E-state index in [1.165, 1.54) is 30.1 Å². The minimum absolute atomic E-state index is 0.0496. The van der Waals surface area contributed by atoms with Gasteiger partial charge in [0.05, 0.1) is 17.3 Å². The molecule has 176 valence electrons. The van der Waals surface area contributed by atoms with E-state index in [2.05, 4.69) is 10.3 Å². The van der Waals surface area contributed by atoms with Crippen LogP contribution in [0.4, 0.5) is 5.13 Å². The fourth-order valence-electron chi connectivity index (χ4n) is 3.24. The van der Waals surface area contributed by atoms with Crippen LogP contribution in [0.2, 0.25) is 0 Å². The number of aromatic nitrogens is 1. The zero-order chi connectivity index (χ0) is 24.6. The van der Waals surface area contributed by atoms with Crippen LogP contribution in [0.15, 0.2) is 72.3 Å². The third-order valence-electron chi connectivity index (χ3n) is 5.01. The highest BCUT2D eigenvalue weighted by Crippen LogP contribution is 2.29. The first-order valence-electron chi connectivity index (χ1n) is 10.8. The van der Waals surface area contributed by atoms with Crippen molar-refractivity contribution in [2.75, 3.05) is 25.6 Å². The van der Waals surface area contributed by atoms with Crippen molar-refractivity contribution >= 4 is 38.7 Å². The summed E-state index contributed by atoms with van der Waals surface area (Å²) in [5.41, 5.74) is 2.54. The van der Waals surface area contributed by atoms with Gasteiger partial charge < -0.3 is 14.2 Å². The van der Waals surface area contributed by atoms with Crippen LogP contribution in [0.3, 0.4) is 0 Å². The van der Waals surface area contributed by atoms with E-state index in [-0.39, 0.29) is 5.57 Å².